The van der Waals surface area contributed by atoms with Crippen LogP contribution >= 0.6 is 11.8 Å². The molecule has 0 bridgehead atoms. The maximum absolute atomic E-state index is 12.1. The van der Waals surface area contributed by atoms with Crippen molar-refractivity contribution in [1.29, 1.82) is 0 Å². The Morgan fingerprint density at radius 3 is 2.79 bits per heavy atom. The smallest absolute Gasteiger partial charge is 0.337 e. The number of anilines is 1. The third-order valence-corrected chi connectivity index (χ3v) is 4.32. The van der Waals surface area contributed by atoms with Crippen molar-refractivity contribution in [2.45, 2.75) is 12.5 Å². The van der Waals surface area contributed by atoms with E-state index in [1.54, 1.807) is 30.1 Å². The van der Waals surface area contributed by atoms with Gasteiger partial charge < -0.3 is 15.3 Å². The van der Waals surface area contributed by atoms with Crippen molar-refractivity contribution in [3.63, 3.8) is 0 Å². The number of rotatable bonds is 3. The fourth-order valence-electron chi connectivity index (χ4n) is 1.98. The zero-order valence-electron chi connectivity index (χ0n) is 10.6. The van der Waals surface area contributed by atoms with Gasteiger partial charge in [-0.25, -0.2) is 9.59 Å². The average molecular weight is 280 g/mol. The normalized spacial score (nSPS) is 18.1. The molecule has 0 saturated carbocycles. The van der Waals surface area contributed by atoms with Gasteiger partial charge in [0.1, 0.15) is 0 Å². The first kappa shape index (κ1) is 13.7. The number of carboxylic acids is 1. The molecule has 1 aliphatic rings. The lowest BCUT2D eigenvalue weighted by Gasteiger charge is -2.24. The van der Waals surface area contributed by atoms with Crippen LogP contribution in [0.25, 0.3) is 0 Å². The van der Waals surface area contributed by atoms with Crippen molar-refractivity contribution < 1.29 is 14.7 Å². The molecule has 2 amide bonds. The van der Waals surface area contributed by atoms with E-state index in [9.17, 15) is 9.59 Å². The van der Waals surface area contributed by atoms with Crippen molar-refractivity contribution in [3.8, 4) is 0 Å². The highest BCUT2D eigenvalue weighted by molar-refractivity contribution is 7.99. The number of nitrogens with zero attached hydrogens (tertiary/aromatic N) is 1. The molecule has 1 unspecified atom stereocenters. The van der Waals surface area contributed by atoms with Gasteiger partial charge in [0, 0.05) is 18.8 Å². The Kier molecular flexibility index (Phi) is 4.31. The Labute approximate surface area is 116 Å². The maximum atomic E-state index is 12.1. The van der Waals surface area contributed by atoms with Crippen molar-refractivity contribution in [3.05, 3.63) is 29.8 Å². The number of amides is 2. The van der Waals surface area contributed by atoms with Crippen LogP contribution in [0, 0.1) is 0 Å². The van der Waals surface area contributed by atoms with Crippen LogP contribution in [0.2, 0.25) is 0 Å². The van der Waals surface area contributed by atoms with E-state index in [1.165, 1.54) is 6.07 Å². The van der Waals surface area contributed by atoms with E-state index in [2.05, 4.69) is 5.32 Å². The summed E-state index contributed by atoms with van der Waals surface area (Å²) in [6, 6.07) is 6.37. The topological polar surface area (TPSA) is 69.6 Å². The second kappa shape index (κ2) is 5.97. The molecule has 1 atom stereocenters. The SMILES string of the molecule is CN(C(=O)Nc1ccccc1C(=O)O)C1CCSC1. The summed E-state index contributed by atoms with van der Waals surface area (Å²) in [6.07, 6.45) is 0.981. The van der Waals surface area contributed by atoms with Gasteiger partial charge >= 0.3 is 12.0 Å². The standard InChI is InChI=1S/C13H16N2O3S/c1-15(9-6-7-19-8-9)13(18)14-11-5-3-2-4-10(11)12(16)17/h2-5,9H,6-8H2,1H3,(H,14,18)(H,16,17). The second-order valence-corrected chi connectivity index (χ2v) is 5.56. The van der Waals surface area contributed by atoms with Gasteiger partial charge in [-0.3, -0.25) is 0 Å². The predicted octanol–water partition coefficient (Wildman–Crippen LogP) is 2.35. The Morgan fingerprint density at radius 1 is 1.42 bits per heavy atom. The van der Waals surface area contributed by atoms with Gasteiger partial charge in [0.25, 0.3) is 0 Å². The summed E-state index contributed by atoms with van der Waals surface area (Å²) in [4.78, 5) is 24.8. The lowest BCUT2D eigenvalue weighted by molar-refractivity contribution is 0.0698. The summed E-state index contributed by atoms with van der Waals surface area (Å²) in [5, 5.41) is 11.7. The molecule has 2 rings (SSSR count). The van der Waals surface area contributed by atoms with E-state index in [-0.39, 0.29) is 17.6 Å². The summed E-state index contributed by atoms with van der Waals surface area (Å²) in [5.41, 5.74) is 0.433. The first-order chi connectivity index (χ1) is 9.09. The predicted molar refractivity (Wildman–Crippen MR) is 75.9 cm³/mol. The summed E-state index contributed by atoms with van der Waals surface area (Å²) in [7, 11) is 1.75. The van der Waals surface area contributed by atoms with Crippen molar-refractivity contribution in [2.75, 3.05) is 23.9 Å². The fourth-order valence-corrected chi connectivity index (χ4v) is 3.24. The van der Waals surface area contributed by atoms with E-state index in [0.29, 0.717) is 5.69 Å². The monoisotopic (exact) mass is 280 g/mol. The molecule has 19 heavy (non-hydrogen) atoms. The third kappa shape index (κ3) is 3.20. The molecular formula is C13H16N2O3S. The average Bonchev–Trinajstić information content (AvgIpc) is 2.92. The fraction of sp³-hybridized carbons (Fsp3) is 0.385. The molecule has 102 valence electrons. The van der Waals surface area contributed by atoms with Crippen LogP contribution in [-0.2, 0) is 0 Å². The molecule has 1 heterocycles. The Bertz CT molecular complexity index is 487. The molecule has 1 aromatic rings. The van der Waals surface area contributed by atoms with Crippen LogP contribution in [-0.4, -0.2) is 46.6 Å². The van der Waals surface area contributed by atoms with Crippen molar-refractivity contribution >= 4 is 29.4 Å². The van der Waals surface area contributed by atoms with Crippen LogP contribution < -0.4 is 5.32 Å². The number of aromatic carboxylic acids is 1. The minimum Gasteiger partial charge on any atom is -0.478 e. The molecule has 1 aromatic carbocycles. The molecule has 1 aliphatic heterocycles. The molecule has 1 saturated heterocycles. The zero-order valence-corrected chi connectivity index (χ0v) is 11.4. The Hall–Kier alpha value is -1.69. The minimum atomic E-state index is -1.05. The van der Waals surface area contributed by atoms with E-state index < -0.39 is 5.97 Å². The van der Waals surface area contributed by atoms with Gasteiger partial charge in [-0.15, -0.1) is 0 Å². The Morgan fingerprint density at radius 2 is 2.16 bits per heavy atom. The summed E-state index contributed by atoms with van der Waals surface area (Å²) >= 11 is 1.83. The van der Waals surface area contributed by atoms with Crippen molar-refractivity contribution in [2.24, 2.45) is 0 Å². The molecule has 0 radical (unpaired) electrons. The molecular weight excluding hydrogens is 264 g/mol. The van der Waals surface area contributed by atoms with Crippen LogP contribution in [0.1, 0.15) is 16.8 Å². The van der Waals surface area contributed by atoms with Gasteiger partial charge in [-0.1, -0.05) is 12.1 Å². The van der Waals surface area contributed by atoms with E-state index >= 15 is 0 Å². The molecule has 0 aromatic heterocycles. The largest absolute Gasteiger partial charge is 0.478 e. The van der Waals surface area contributed by atoms with Crippen molar-refractivity contribution in [1.82, 2.24) is 4.90 Å². The lowest BCUT2D eigenvalue weighted by Crippen LogP contribution is -2.40. The highest BCUT2D eigenvalue weighted by Crippen LogP contribution is 2.22. The quantitative estimate of drug-likeness (QED) is 0.891. The number of benzene rings is 1. The number of para-hydroxylation sites is 1. The molecule has 5 nitrogen and oxygen atoms in total. The first-order valence-electron chi connectivity index (χ1n) is 6.03. The number of hydrogen-bond donors (Lipinski definition) is 2. The minimum absolute atomic E-state index is 0.102. The number of carbonyl (C=O) groups excluding carboxylic acids is 1. The summed E-state index contributed by atoms with van der Waals surface area (Å²) in [6.45, 7) is 0. The molecule has 2 N–H and O–H groups in total. The maximum Gasteiger partial charge on any atom is 0.337 e. The van der Waals surface area contributed by atoms with Crippen LogP contribution in [0.5, 0.6) is 0 Å². The van der Waals surface area contributed by atoms with Gasteiger partial charge in [-0.2, -0.15) is 11.8 Å². The number of hydrogen-bond acceptors (Lipinski definition) is 3. The van der Waals surface area contributed by atoms with Gasteiger partial charge in [0.2, 0.25) is 0 Å². The third-order valence-electron chi connectivity index (χ3n) is 3.17. The first-order valence-corrected chi connectivity index (χ1v) is 7.19. The van der Waals surface area contributed by atoms with Gasteiger partial charge in [0.15, 0.2) is 0 Å². The second-order valence-electron chi connectivity index (χ2n) is 4.41. The number of thioether (sulfide) groups is 1. The zero-order chi connectivity index (χ0) is 13.8. The molecule has 0 spiro atoms. The number of urea groups is 1. The summed E-state index contributed by atoms with van der Waals surface area (Å²) in [5.74, 6) is 0.952. The van der Waals surface area contributed by atoms with Crippen LogP contribution in [0.4, 0.5) is 10.5 Å². The lowest BCUT2D eigenvalue weighted by atomic mass is 10.2. The number of carboxylic acid groups (broad SMARTS) is 1. The van der Waals surface area contributed by atoms with E-state index in [4.69, 9.17) is 5.11 Å². The van der Waals surface area contributed by atoms with Crippen LogP contribution in [0.3, 0.4) is 0 Å². The Balaban J connectivity index is 2.08. The van der Waals surface area contributed by atoms with E-state index in [0.717, 1.165) is 17.9 Å². The highest BCUT2D eigenvalue weighted by Gasteiger charge is 2.24. The molecule has 0 aliphatic carbocycles. The van der Waals surface area contributed by atoms with Gasteiger partial charge in [0.05, 0.1) is 11.3 Å². The van der Waals surface area contributed by atoms with Gasteiger partial charge in [-0.05, 0) is 24.3 Å². The highest BCUT2D eigenvalue weighted by atomic mass is 32.2. The molecule has 1 fully saturated rings. The number of carbonyl (C=O) groups is 2. The number of nitrogens with one attached hydrogen (secondary N) is 1. The van der Waals surface area contributed by atoms with E-state index in [1.807, 2.05) is 11.8 Å². The summed E-state index contributed by atoms with van der Waals surface area (Å²) < 4.78 is 0. The molecule has 6 heteroatoms. The van der Waals surface area contributed by atoms with Crippen LogP contribution in [0.15, 0.2) is 24.3 Å².